The highest BCUT2D eigenvalue weighted by molar-refractivity contribution is 7.14. The van der Waals surface area contributed by atoms with Crippen LogP contribution in [0.3, 0.4) is 0 Å². The minimum atomic E-state index is -0.728. The standard InChI is InChI=1S/C20H21N3O2S/c24-20(25)17-10-16(11-21-13-17)12-22-23-14-19-9-8-18(26-19)7-6-15-4-2-1-3-5-15/h1-5,8-9,14,16-17,21-22H,10-13H2,(H,24,25)/b23-14+/t16-,17+/m0/s1. The Labute approximate surface area is 157 Å². The van der Waals surface area contributed by atoms with Crippen LogP contribution >= 0.6 is 11.3 Å². The molecule has 1 aromatic carbocycles. The lowest BCUT2D eigenvalue weighted by Gasteiger charge is -2.27. The minimum Gasteiger partial charge on any atom is -0.481 e. The fraction of sp³-hybridized carbons (Fsp3) is 0.300. The molecule has 1 aliphatic rings. The average molecular weight is 367 g/mol. The molecule has 0 amide bonds. The van der Waals surface area contributed by atoms with E-state index in [4.69, 9.17) is 5.11 Å². The van der Waals surface area contributed by atoms with Crippen LogP contribution in [-0.4, -0.2) is 36.9 Å². The van der Waals surface area contributed by atoms with E-state index in [0.717, 1.165) is 21.9 Å². The van der Waals surface area contributed by atoms with Crippen molar-refractivity contribution in [1.29, 1.82) is 0 Å². The SMILES string of the molecule is O=C(O)[C@H]1CNC[C@@H](CN/N=C/c2ccc(C#Cc3ccccc3)s2)C1. The first kappa shape index (κ1) is 18.2. The van der Waals surface area contributed by atoms with E-state index in [2.05, 4.69) is 27.7 Å². The summed E-state index contributed by atoms with van der Waals surface area (Å²) in [5.41, 5.74) is 4.04. The number of thiophene rings is 1. The quantitative estimate of drug-likeness (QED) is 0.431. The van der Waals surface area contributed by atoms with Crippen molar-refractivity contribution < 1.29 is 9.90 Å². The second kappa shape index (κ2) is 9.18. The Kier molecular flexibility index (Phi) is 6.42. The van der Waals surface area contributed by atoms with Crippen LogP contribution in [-0.2, 0) is 4.79 Å². The summed E-state index contributed by atoms with van der Waals surface area (Å²) < 4.78 is 0. The number of carboxylic acids is 1. The molecule has 1 saturated heterocycles. The Balaban J connectivity index is 1.47. The van der Waals surface area contributed by atoms with Crippen molar-refractivity contribution in [1.82, 2.24) is 10.7 Å². The number of benzene rings is 1. The van der Waals surface area contributed by atoms with Crippen molar-refractivity contribution in [3.05, 3.63) is 57.8 Å². The molecule has 6 heteroatoms. The number of hydrogen-bond acceptors (Lipinski definition) is 5. The van der Waals surface area contributed by atoms with Gasteiger partial charge in [0.15, 0.2) is 0 Å². The first-order chi connectivity index (χ1) is 12.7. The summed E-state index contributed by atoms with van der Waals surface area (Å²) >= 11 is 1.59. The third-order valence-corrected chi connectivity index (χ3v) is 5.12. The maximum atomic E-state index is 11.1. The maximum absolute atomic E-state index is 11.1. The van der Waals surface area contributed by atoms with Gasteiger partial charge in [-0.05, 0) is 43.1 Å². The Morgan fingerprint density at radius 3 is 2.92 bits per heavy atom. The first-order valence-corrected chi connectivity index (χ1v) is 9.38. The summed E-state index contributed by atoms with van der Waals surface area (Å²) in [6.07, 6.45) is 2.46. The molecular weight excluding hydrogens is 346 g/mol. The third kappa shape index (κ3) is 5.45. The van der Waals surface area contributed by atoms with Crippen LogP contribution in [0.1, 0.15) is 21.7 Å². The van der Waals surface area contributed by atoms with Crippen molar-refractivity contribution in [2.24, 2.45) is 16.9 Å². The number of nitrogens with zero attached hydrogens (tertiary/aromatic N) is 1. The molecule has 1 aliphatic heterocycles. The van der Waals surface area contributed by atoms with Gasteiger partial charge in [-0.2, -0.15) is 5.10 Å². The summed E-state index contributed by atoms with van der Waals surface area (Å²) in [5.74, 6) is 5.55. The van der Waals surface area contributed by atoms with Crippen LogP contribution in [0.5, 0.6) is 0 Å². The van der Waals surface area contributed by atoms with Gasteiger partial charge in [0.1, 0.15) is 0 Å². The van der Waals surface area contributed by atoms with Gasteiger partial charge >= 0.3 is 5.97 Å². The number of hydrogen-bond donors (Lipinski definition) is 3. The molecule has 0 aliphatic carbocycles. The molecule has 2 aromatic rings. The fourth-order valence-electron chi connectivity index (χ4n) is 2.81. The van der Waals surface area contributed by atoms with Gasteiger partial charge < -0.3 is 15.8 Å². The molecule has 0 saturated carbocycles. The normalized spacial score (nSPS) is 19.7. The lowest BCUT2D eigenvalue weighted by Crippen LogP contribution is -2.42. The molecule has 0 bridgehead atoms. The van der Waals surface area contributed by atoms with E-state index in [1.54, 1.807) is 17.6 Å². The molecule has 1 aromatic heterocycles. The smallest absolute Gasteiger partial charge is 0.307 e. The van der Waals surface area contributed by atoms with E-state index in [9.17, 15) is 4.79 Å². The Hall–Kier alpha value is -2.62. The Morgan fingerprint density at radius 1 is 1.27 bits per heavy atom. The Bertz CT molecular complexity index is 820. The van der Waals surface area contributed by atoms with E-state index in [1.807, 2.05) is 42.5 Å². The topological polar surface area (TPSA) is 73.7 Å². The maximum Gasteiger partial charge on any atom is 0.307 e. The van der Waals surface area contributed by atoms with Gasteiger partial charge in [-0.15, -0.1) is 11.3 Å². The number of hydrazone groups is 1. The number of aliphatic carboxylic acids is 1. The highest BCUT2D eigenvalue weighted by Crippen LogP contribution is 2.16. The van der Waals surface area contributed by atoms with E-state index < -0.39 is 5.97 Å². The van der Waals surface area contributed by atoms with Crippen LogP contribution in [0.15, 0.2) is 47.6 Å². The zero-order valence-corrected chi connectivity index (χ0v) is 15.1. The van der Waals surface area contributed by atoms with Crippen LogP contribution in [0.25, 0.3) is 0 Å². The largest absolute Gasteiger partial charge is 0.481 e. The highest BCUT2D eigenvalue weighted by atomic mass is 32.1. The average Bonchev–Trinajstić information content (AvgIpc) is 3.12. The molecule has 0 spiro atoms. The van der Waals surface area contributed by atoms with Crippen LogP contribution in [0, 0.1) is 23.7 Å². The molecule has 2 heterocycles. The lowest BCUT2D eigenvalue weighted by molar-refractivity contribution is -0.142. The molecule has 0 radical (unpaired) electrons. The summed E-state index contributed by atoms with van der Waals surface area (Å²) in [7, 11) is 0. The molecule has 134 valence electrons. The predicted molar refractivity (Wildman–Crippen MR) is 104 cm³/mol. The zero-order chi connectivity index (χ0) is 18.2. The molecule has 2 atom stereocenters. The Morgan fingerprint density at radius 2 is 2.12 bits per heavy atom. The monoisotopic (exact) mass is 367 g/mol. The summed E-state index contributed by atoms with van der Waals surface area (Å²) in [6.45, 7) is 2.04. The zero-order valence-electron chi connectivity index (χ0n) is 14.3. The number of rotatable bonds is 5. The van der Waals surface area contributed by atoms with Gasteiger partial charge in [-0.3, -0.25) is 4.79 Å². The molecule has 3 rings (SSSR count). The van der Waals surface area contributed by atoms with Crippen molar-refractivity contribution >= 4 is 23.5 Å². The van der Waals surface area contributed by atoms with Crippen molar-refractivity contribution in [2.45, 2.75) is 6.42 Å². The van der Waals surface area contributed by atoms with Crippen LogP contribution < -0.4 is 10.7 Å². The van der Waals surface area contributed by atoms with Crippen LogP contribution in [0.4, 0.5) is 0 Å². The number of carbonyl (C=O) groups is 1. The van der Waals surface area contributed by atoms with Gasteiger partial charge in [-0.1, -0.05) is 30.0 Å². The summed E-state index contributed by atoms with van der Waals surface area (Å²) in [5, 5.41) is 16.5. The molecule has 5 nitrogen and oxygen atoms in total. The van der Waals surface area contributed by atoms with Crippen molar-refractivity contribution in [3.8, 4) is 11.8 Å². The minimum absolute atomic E-state index is 0.276. The summed E-state index contributed by atoms with van der Waals surface area (Å²) in [6, 6.07) is 13.9. The predicted octanol–water partition coefficient (Wildman–Crippen LogP) is 2.38. The van der Waals surface area contributed by atoms with Gasteiger partial charge in [-0.25, -0.2) is 0 Å². The molecule has 1 fully saturated rings. The van der Waals surface area contributed by atoms with E-state index in [0.29, 0.717) is 19.5 Å². The second-order valence-electron chi connectivity index (χ2n) is 6.23. The van der Waals surface area contributed by atoms with Crippen LogP contribution in [0.2, 0.25) is 0 Å². The fourth-order valence-corrected chi connectivity index (χ4v) is 3.54. The van der Waals surface area contributed by atoms with E-state index in [-0.39, 0.29) is 11.8 Å². The number of carboxylic acid groups (broad SMARTS) is 1. The van der Waals surface area contributed by atoms with Gasteiger partial charge in [0.2, 0.25) is 0 Å². The lowest BCUT2D eigenvalue weighted by atomic mass is 9.91. The van der Waals surface area contributed by atoms with E-state index >= 15 is 0 Å². The number of nitrogens with one attached hydrogen (secondary N) is 2. The molecule has 3 N–H and O–H groups in total. The molecule has 26 heavy (non-hydrogen) atoms. The molecular formula is C20H21N3O2S. The van der Waals surface area contributed by atoms with Gasteiger partial charge in [0.25, 0.3) is 0 Å². The van der Waals surface area contributed by atoms with E-state index in [1.165, 1.54) is 0 Å². The van der Waals surface area contributed by atoms with Crippen molar-refractivity contribution in [2.75, 3.05) is 19.6 Å². The van der Waals surface area contributed by atoms with Gasteiger partial charge in [0, 0.05) is 23.5 Å². The number of piperidine rings is 1. The van der Waals surface area contributed by atoms with Gasteiger partial charge in [0.05, 0.1) is 17.0 Å². The third-order valence-electron chi connectivity index (χ3n) is 4.18. The molecule has 0 unspecified atom stereocenters. The first-order valence-electron chi connectivity index (χ1n) is 8.57. The summed E-state index contributed by atoms with van der Waals surface area (Å²) in [4.78, 5) is 13.1. The second-order valence-corrected chi connectivity index (χ2v) is 7.35. The highest BCUT2D eigenvalue weighted by Gasteiger charge is 2.26. The van der Waals surface area contributed by atoms with Crippen molar-refractivity contribution in [3.63, 3.8) is 0 Å².